The Morgan fingerprint density at radius 3 is 2.44 bits per heavy atom. The molecule has 82 valence electrons. The quantitative estimate of drug-likeness (QED) is 0.723. The third kappa shape index (κ3) is 1.31. The monoisotopic (exact) mass is 219 g/mol. The molecule has 0 unspecified atom stereocenters. The fourth-order valence-electron chi connectivity index (χ4n) is 1.95. The van der Waals surface area contributed by atoms with Gasteiger partial charge < -0.3 is 0 Å². The average Bonchev–Trinajstić information content (AvgIpc) is 2.88. The van der Waals surface area contributed by atoms with Gasteiger partial charge in [-0.2, -0.15) is 0 Å². The summed E-state index contributed by atoms with van der Waals surface area (Å²) in [6.45, 7) is 1.97. The molecule has 3 heteroatoms. The molecule has 0 atom stereocenters. The van der Waals surface area contributed by atoms with Gasteiger partial charge in [0.15, 0.2) is 11.6 Å². The van der Waals surface area contributed by atoms with Gasteiger partial charge in [0.05, 0.1) is 5.71 Å². The summed E-state index contributed by atoms with van der Waals surface area (Å²) >= 11 is 0. The number of nitrogens with zero attached hydrogens (tertiary/aromatic N) is 1. The fraction of sp³-hybridized carbons (Fsp3) is 0.308. The van der Waals surface area contributed by atoms with Gasteiger partial charge in [0, 0.05) is 11.8 Å². The van der Waals surface area contributed by atoms with E-state index in [4.69, 9.17) is 0 Å². The van der Waals surface area contributed by atoms with Gasteiger partial charge in [-0.1, -0.05) is 6.92 Å². The first-order valence-corrected chi connectivity index (χ1v) is 5.34. The second kappa shape index (κ2) is 3.00. The van der Waals surface area contributed by atoms with E-state index in [9.17, 15) is 8.78 Å². The van der Waals surface area contributed by atoms with Crippen molar-refractivity contribution in [3.63, 3.8) is 0 Å². The Hall–Kier alpha value is -1.51. The van der Waals surface area contributed by atoms with Gasteiger partial charge in [-0.3, -0.25) is 4.99 Å². The summed E-state index contributed by atoms with van der Waals surface area (Å²) in [6.07, 6.45) is 5.30. The number of benzene rings is 1. The van der Waals surface area contributed by atoms with E-state index < -0.39 is 11.6 Å². The molecule has 1 aliphatic heterocycles. The molecule has 1 aromatic carbocycles. The maximum Gasteiger partial charge on any atom is 0.162 e. The molecule has 16 heavy (non-hydrogen) atoms. The zero-order chi connectivity index (χ0) is 11.3. The number of aliphatic imine (C=N–C) groups is 1. The highest BCUT2D eigenvalue weighted by Crippen LogP contribution is 2.49. The molecule has 0 radical (unpaired) electrons. The van der Waals surface area contributed by atoms with Gasteiger partial charge in [-0.05, 0) is 42.0 Å². The smallest absolute Gasteiger partial charge is 0.162 e. The van der Waals surface area contributed by atoms with E-state index in [2.05, 4.69) is 4.99 Å². The summed E-state index contributed by atoms with van der Waals surface area (Å²) in [6, 6.07) is 2.95. The van der Waals surface area contributed by atoms with Crippen molar-refractivity contribution in [2.45, 2.75) is 25.2 Å². The number of hydrogen-bond acceptors (Lipinski definition) is 1. The minimum Gasteiger partial charge on any atom is -0.256 e. The normalized spacial score (nSPS) is 20.3. The van der Waals surface area contributed by atoms with Gasteiger partial charge in [-0.15, -0.1) is 0 Å². The molecule has 1 heterocycles. The number of hydrogen-bond donors (Lipinski definition) is 0. The second-order valence-corrected chi connectivity index (χ2v) is 4.71. The van der Waals surface area contributed by atoms with Crippen molar-refractivity contribution in [2.24, 2.45) is 4.99 Å². The summed E-state index contributed by atoms with van der Waals surface area (Å²) in [4.78, 5) is 4.00. The third-order valence-electron chi connectivity index (χ3n) is 3.42. The van der Waals surface area contributed by atoms with Crippen LogP contribution in [-0.2, 0) is 5.41 Å². The topological polar surface area (TPSA) is 12.4 Å². The molecule has 1 aromatic rings. The molecule has 0 bridgehead atoms. The summed E-state index contributed by atoms with van der Waals surface area (Å²) in [5.41, 5.74) is 1.72. The van der Waals surface area contributed by atoms with Crippen LogP contribution in [0.2, 0.25) is 0 Å². The SMILES string of the molecule is CC1(c2cc(C3=NC=C3)cc(F)c2F)CC1. The van der Waals surface area contributed by atoms with Gasteiger partial charge in [-0.25, -0.2) is 8.78 Å². The van der Waals surface area contributed by atoms with Crippen LogP contribution in [0.15, 0.2) is 29.4 Å². The Morgan fingerprint density at radius 2 is 1.94 bits per heavy atom. The fourth-order valence-corrected chi connectivity index (χ4v) is 1.95. The lowest BCUT2D eigenvalue weighted by Crippen LogP contribution is -2.10. The summed E-state index contributed by atoms with van der Waals surface area (Å²) in [7, 11) is 0. The van der Waals surface area contributed by atoms with Crippen molar-refractivity contribution < 1.29 is 8.78 Å². The highest BCUT2D eigenvalue weighted by atomic mass is 19.2. The maximum absolute atomic E-state index is 13.7. The van der Waals surface area contributed by atoms with E-state index in [0.29, 0.717) is 11.1 Å². The molecule has 3 rings (SSSR count). The van der Waals surface area contributed by atoms with E-state index in [1.165, 1.54) is 6.07 Å². The van der Waals surface area contributed by atoms with Crippen molar-refractivity contribution in [3.8, 4) is 0 Å². The Balaban J connectivity index is 2.12. The zero-order valence-corrected chi connectivity index (χ0v) is 8.93. The van der Waals surface area contributed by atoms with Crippen molar-refractivity contribution >= 4 is 5.71 Å². The lowest BCUT2D eigenvalue weighted by molar-refractivity contribution is 0.488. The molecule has 1 saturated carbocycles. The Labute approximate surface area is 92.5 Å². The lowest BCUT2D eigenvalue weighted by atomic mass is 9.93. The van der Waals surface area contributed by atoms with Gasteiger partial charge >= 0.3 is 0 Å². The molecule has 1 nitrogen and oxygen atoms in total. The van der Waals surface area contributed by atoms with Crippen molar-refractivity contribution in [3.05, 3.63) is 47.2 Å². The van der Waals surface area contributed by atoms with Crippen molar-refractivity contribution in [1.29, 1.82) is 0 Å². The van der Waals surface area contributed by atoms with Crippen LogP contribution in [0.4, 0.5) is 8.78 Å². The molecule has 0 amide bonds. The van der Waals surface area contributed by atoms with E-state index in [-0.39, 0.29) is 5.41 Å². The van der Waals surface area contributed by atoms with Crippen LogP contribution in [0.3, 0.4) is 0 Å². The average molecular weight is 219 g/mol. The van der Waals surface area contributed by atoms with Crippen LogP contribution in [0.1, 0.15) is 30.9 Å². The predicted octanol–water partition coefficient (Wildman–Crippen LogP) is 3.33. The summed E-state index contributed by atoms with van der Waals surface area (Å²) < 4.78 is 27.1. The molecule has 0 N–H and O–H groups in total. The standard InChI is InChI=1S/C13H11F2N/c1-13(3-4-13)9-6-8(11-2-5-16-11)7-10(14)12(9)15/h2,5-7H,3-4H2,1H3. The largest absolute Gasteiger partial charge is 0.256 e. The van der Waals surface area contributed by atoms with Crippen LogP contribution in [0.25, 0.3) is 0 Å². The van der Waals surface area contributed by atoms with E-state index in [1.807, 2.05) is 6.92 Å². The highest BCUT2D eigenvalue weighted by Gasteiger charge is 2.42. The third-order valence-corrected chi connectivity index (χ3v) is 3.42. The van der Waals surface area contributed by atoms with Crippen LogP contribution < -0.4 is 0 Å². The Morgan fingerprint density at radius 1 is 1.25 bits per heavy atom. The van der Waals surface area contributed by atoms with Crippen LogP contribution in [0, 0.1) is 11.6 Å². The first-order valence-electron chi connectivity index (χ1n) is 5.34. The van der Waals surface area contributed by atoms with Crippen molar-refractivity contribution in [2.75, 3.05) is 0 Å². The zero-order valence-electron chi connectivity index (χ0n) is 8.93. The molecule has 0 aromatic heterocycles. The Kier molecular flexibility index (Phi) is 1.82. The number of allylic oxidation sites excluding steroid dienone is 1. The van der Waals surface area contributed by atoms with E-state index >= 15 is 0 Å². The second-order valence-electron chi connectivity index (χ2n) is 4.71. The summed E-state index contributed by atoms with van der Waals surface area (Å²) in [5.74, 6) is -1.48. The van der Waals surface area contributed by atoms with E-state index in [1.54, 1.807) is 18.3 Å². The maximum atomic E-state index is 13.7. The molecular weight excluding hydrogens is 208 g/mol. The Bertz CT molecular complexity index is 525. The molecule has 0 saturated heterocycles. The first-order chi connectivity index (χ1) is 7.60. The lowest BCUT2D eigenvalue weighted by Gasteiger charge is -2.14. The number of rotatable bonds is 2. The molecule has 2 aliphatic rings. The molecule has 1 aliphatic carbocycles. The van der Waals surface area contributed by atoms with E-state index in [0.717, 1.165) is 18.6 Å². The minimum atomic E-state index is -0.774. The molecular formula is C13H11F2N. The van der Waals surface area contributed by atoms with Crippen LogP contribution >= 0.6 is 0 Å². The summed E-state index contributed by atoms with van der Waals surface area (Å²) in [5, 5.41) is 0. The highest BCUT2D eigenvalue weighted by molar-refractivity contribution is 6.12. The molecule has 0 spiro atoms. The molecule has 1 fully saturated rings. The number of halogens is 2. The van der Waals surface area contributed by atoms with Gasteiger partial charge in [0.1, 0.15) is 0 Å². The minimum absolute atomic E-state index is 0.172. The van der Waals surface area contributed by atoms with Crippen molar-refractivity contribution in [1.82, 2.24) is 0 Å². The van der Waals surface area contributed by atoms with Gasteiger partial charge in [0.2, 0.25) is 0 Å². The van der Waals surface area contributed by atoms with Gasteiger partial charge in [0.25, 0.3) is 0 Å². The van der Waals surface area contributed by atoms with Crippen LogP contribution in [0.5, 0.6) is 0 Å². The predicted molar refractivity (Wildman–Crippen MR) is 58.6 cm³/mol. The van der Waals surface area contributed by atoms with Crippen LogP contribution in [-0.4, -0.2) is 5.71 Å². The first kappa shape index (κ1) is 9.70.